The van der Waals surface area contributed by atoms with Crippen LogP contribution in [0.2, 0.25) is 0 Å². The Morgan fingerprint density at radius 3 is 3.05 bits per heavy atom. The summed E-state index contributed by atoms with van der Waals surface area (Å²) in [5, 5.41) is 8.06. The quantitative estimate of drug-likeness (QED) is 0.839. The molecule has 2 atom stereocenters. The minimum absolute atomic E-state index is 0.554. The molecule has 1 N–H and O–H groups in total. The van der Waals surface area contributed by atoms with Crippen LogP contribution in [0.5, 0.6) is 0 Å². The van der Waals surface area contributed by atoms with Gasteiger partial charge in [-0.2, -0.15) is 5.10 Å². The molecule has 4 heteroatoms. The van der Waals surface area contributed by atoms with Crippen molar-refractivity contribution in [1.82, 2.24) is 14.6 Å². The highest BCUT2D eigenvalue weighted by Gasteiger charge is 2.17. The monoisotopic (exact) mass is 258 g/mol. The molecule has 2 aromatic rings. The second-order valence-corrected chi connectivity index (χ2v) is 5.85. The minimum Gasteiger partial charge on any atom is -0.366 e. The second-order valence-electron chi connectivity index (χ2n) is 5.85. The molecule has 2 unspecified atom stereocenters. The van der Waals surface area contributed by atoms with Crippen LogP contribution in [0.15, 0.2) is 18.5 Å². The average molecular weight is 258 g/mol. The summed E-state index contributed by atoms with van der Waals surface area (Å²) < 4.78 is 1.91. The van der Waals surface area contributed by atoms with Gasteiger partial charge in [-0.1, -0.05) is 19.8 Å². The molecule has 0 spiro atoms. The van der Waals surface area contributed by atoms with Crippen LogP contribution in [0.1, 0.15) is 44.7 Å². The van der Waals surface area contributed by atoms with Gasteiger partial charge in [-0.05, 0) is 38.2 Å². The van der Waals surface area contributed by atoms with Crippen molar-refractivity contribution < 1.29 is 0 Å². The van der Waals surface area contributed by atoms with E-state index in [9.17, 15) is 0 Å². The van der Waals surface area contributed by atoms with E-state index in [4.69, 9.17) is 0 Å². The number of aryl methyl sites for hydroxylation is 1. The van der Waals surface area contributed by atoms with Gasteiger partial charge in [0, 0.05) is 18.4 Å². The van der Waals surface area contributed by atoms with Crippen molar-refractivity contribution in [2.45, 2.75) is 52.0 Å². The first-order valence-corrected chi connectivity index (χ1v) is 7.30. The van der Waals surface area contributed by atoms with Crippen molar-refractivity contribution >= 4 is 11.3 Å². The molecule has 19 heavy (non-hydrogen) atoms. The van der Waals surface area contributed by atoms with E-state index in [1.807, 2.05) is 23.8 Å². The Balaban J connectivity index is 1.80. The fourth-order valence-corrected chi connectivity index (χ4v) is 2.98. The third-order valence-corrected chi connectivity index (χ3v) is 4.11. The van der Waals surface area contributed by atoms with Crippen LogP contribution in [0.25, 0.3) is 5.52 Å². The van der Waals surface area contributed by atoms with Crippen molar-refractivity contribution in [2.75, 3.05) is 5.32 Å². The lowest BCUT2D eigenvalue weighted by Gasteiger charge is -2.17. The van der Waals surface area contributed by atoms with Gasteiger partial charge in [-0.15, -0.1) is 0 Å². The topological polar surface area (TPSA) is 42.2 Å². The van der Waals surface area contributed by atoms with Crippen molar-refractivity contribution in [2.24, 2.45) is 5.92 Å². The fraction of sp³-hybridized carbons (Fsp3) is 0.600. The molecule has 2 aromatic heterocycles. The summed E-state index contributed by atoms with van der Waals surface area (Å²) >= 11 is 0. The normalized spacial score (nSPS) is 24.3. The summed E-state index contributed by atoms with van der Waals surface area (Å²) in [5.74, 6) is 1.84. The van der Waals surface area contributed by atoms with E-state index < -0.39 is 0 Å². The number of nitrogens with one attached hydrogen (secondary N) is 1. The largest absolute Gasteiger partial charge is 0.366 e. The summed E-state index contributed by atoms with van der Waals surface area (Å²) in [4.78, 5) is 4.49. The molecule has 3 rings (SSSR count). The van der Waals surface area contributed by atoms with Gasteiger partial charge in [0.05, 0.1) is 5.69 Å². The maximum absolute atomic E-state index is 4.49. The molecule has 2 heterocycles. The van der Waals surface area contributed by atoms with E-state index in [0.717, 1.165) is 22.9 Å². The van der Waals surface area contributed by atoms with E-state index in [0.29, 0.717) is 6.04 Å². The van der Waals surface area contributed by atoms with Crippen molar-refractivity contribution in [1.29, 1.82) is 0 Å². The number of hydrogen-bond donors (Lipinski definition) is 1. The number of rotatable bonds is 2. The van der Waals surface area contributed by atoms with Crippen LogP contribution < -0.4 is 5.32 Å². The fourth-order valence-electron chi connectivity index (χ4n) is 2.98. The highest BCUT2D eigenvalue weighted by molar-refractivity contribution is 5.67. The van der Waals surface area contributed by atoms with Crippen LogP contribution in [0, 0.1) is 12.8 Å². The zero-order valence-electron chi connectivity index (χ0n) is 11.8. The first-order valence-electron chi connectivity index (χ1n) is 7.30. The predicted molar refractivity (Wildman–Crippen MR) is 77.4 cm³/mol. The van der Waals surface area contributed by atoms with Gasteiger partial charge in [0.15, 0.2) is 5.82 Å². The van der Waals surface area contributed by atoms with E-state index in [1.165, 1.54) is 32.1 Å². The molecule has 4 nitrogen and oxygen atoms in total. The third-order valence-electron chi connectivity index (χ3n) is 4.11. The van der Waals surface area contributed by atoms with Gasteiger partial charge in [0.2, 0.25) is 0 Å². The lowest BCUT2D eigenvalue weighted by Crippen LogP contribution is -2.19. The smallest absolute Gasteiger partial charge is 0.152 e. The summed E-state index contributed by atoms with van der Waals surface area (Å²) in [6.45, 7) is 4.38. The lowest BCUT2D eigenvalue weighted by atomic mass is 10.0. The Bertz CT molecular complexity index is 560. The SMILES string of the molecule is Cc1cc2c(NC3CCCC(C)CC3)nccn2n1. The van der Waals surface area contributed by atoms with Crippen molar-refractivity contribution in [3.63, 3.8) is 0 Å². The van der Waals surface area contributed by atoms with E-state index in [-0.39, 0.29) is 0 Å². The zero-order chi connectivity index (χ0) is 13.2. The Kier molecular flexibility index (Phi) is 3.40. The highest BCUT2D eigenvalue weighted by Crippen LogP contribution is 2.25. The Morgan fingerprint density at radius 1 is 1.26 bits per heavy atom. The summed E-state index contributed by atoms with van der Waals surface area (Å²) in [6.07, 6.45) is 10.2. The molecular weight excluding hydrogens is 236 g/mol. The summed E-state index contributed by atoms with van der Waals surface area (Å²) in [7, 11) is 0. The number of nitrogens with zero attached hydrogens (tertiary/aromatic N) is 3. The maximum atomic E-state index is 4.49. The number of hydrogen-bond acceptors (Lipinski definition) is 3. The van der Waals surface area contributed by atoms with Gasteiger partial charge in [-0.3, -0.25) is 0 Å². The molecule has 102 valence electrons. The molecule has 1 saturated carbocycles. The molecule has 1 aliphatic rings. The number of anilines is 1. The molecule has 0 bridgehead atoms. The van der Waals surface area contributed by atoms with Gasteiger partial charge in [0.25, 0.3) is 0 Å². The Hall–Kier alpha value is -1.58. The molecule has 0 amide bonds. The van der Waals surface area contributed by atoms with Crippen molar-refractivity contribution in [3.05, 3.63) is 24.2 Å². The lowest BCUT2D eigenvalue weighted by molar-refractivity contribution is 0.502. The Labute approximate surface area is 114 Å². The summed E-state index contributed by atoms with van der Waals surface area (Å²) in [5.41, 5.74) is 2.11. The minimum atomic E-state index is 0.554. The molecular formula is C15H22N4. The zero-order valence-corrected chi connectivity index (χ0v) is 11.8. The molecule has 1 fully saturated rings. The first kappa shape index (κ1) is 12.5. The third kappa shape index (κ3) is 2.72. The van der Waals surface area contributed by atoms with Crippen LogP contribution in [0.3, 0.4) is 0 Å². The van der Waals surface area contributed by atoms with Gasteiger partial charge >= 0.3 is 0 Å². The Morgan fingerprint density at radius 2 is 2.16 bits per heavy atom. The van der Waals surface area contributed by atoms with Gasteiger partial charge in [0.1, 0.15) is 5.52 Å². The second kappa shape index (κ2) is 5.19. The van der Waals surface area contributed by atoms with Gasteiger partial charge in [-0.25, -0.2) is 9.50 Å². The van der Waals surface area contributed by atoms with Gasteiger partial charge < -0.3 is 5.32 Å². The first-order chi connectivity index (χ1) is 9.22. The van der Waals surface area contributed by atoms with E-state index in [2.05, 4.69) is 28.4 Å². The van der Waals surface area contributed by atoms with Crippen LogP contribution in [-0.4, -0.2) is 20.6 Å². The molecule has 0 aliphatic heterocycles. The predicted octanol–water partition coefficient (Wildman–Crippen LogP) is 3.42. The molecule has 0 radical (unpaired) electrons. The molecule has 1 aliphatic carbocycles. The maximum Gasteiger partial charge on any atom is 0.152 e. The highest BCUT2D eigenvalue weighted by atomic mass is 15.2. The van der Waals surface area contributed by atoms with E-state index in [1.54, 1.807) is 0 Å². The van der Waals surface area contributed by atoms with Crippen LogP contribution in [0.4, 0.5) is 5.82 Å². The molecule has 0 saturated heterocycles. The van der Waals surface area contributed by atoms with E-state index >= 15 is 0 Å². The average Bonchev–Trinajstić information content (AvgIpc) is 2.65. The summed E-state index contributed by atoms with van der Waals surface area (Å²) in [6, 6.07) is 2.65. The number of aromatic nitrogens is 3. The number of fused-ring (bicyclic) bond motifs is 1. The van der Waals surface area contributed by atoms with Crippen LogP contribution >= 0.6 is 0 Å². The van der Waals surface area contributed by atoms with Crippen molar-refractivity contribution in [3.8, 4) is 0 Å². The van der Waals surface area contributed by atoms with Crippen LogP contribution in [-0.2, 0) is 0 Å². The molecule has 0 aromatic carbocycles. The standard InChI is InChI=1S/C15H22N4/c1-11-4-3-5-13(7-6-11)17-15-14-10-12(2)18-19(14)9-8-16-15/h8-11,13H,3-7H2,1-2H3,(H,16,17).